The van der Waals surface area contributed by atoms with E-state index >= 15 is 0 Å². The Morgan fingerprint density at radius 3 is 2.64 bits per heavy atom. The van der Waals surface area contributed by atoms with Crippen LogP contribution in [0.1, 0.15) is 17.4 Å². The van der Waals surface area contributed by atoms with Gasteiger partial charge >= 0.3 is 0 Å². The van der Waals surface area contributed by atoms with Gasteiger partial charge in [0.1, 0.15) is 0 Å². The second-order valence-electron chi connectivity index (χ2n) is 3.09. The van der Waals surface area contributed by atoms with E-state index in [1.54, 1.807) is 18.2 Å². The molecule has 0 radical (unpaired) electrons. The average Bonchev–Trinajstić information content (AvgIpc) is 2.47. The van der Waals surface area contributed by atoms with Crippen molar-refractivity contribution < 1.29 is 4.79 Å². The van der Waals surface area contributed by atoms with Crippen molar-refractivity contribution in [3.63, 3.8) is 0 Å². The average molecular weight is 228 g/mol. The summed E-state index contributed by atoms with van der Waals surface area (Å²) in [4.78, 5) is 14.1. The molecule has 2 rings (SSSR count). The first kappa shape index (κ1) is 9.56. The number of hydrogen-bond donors (Lipinski definition) is 1. The number of carbonyl (C=O) groups excluding carboxylic acids is 1. The van der Waals surface area contributed by atoms with Crippen molar-refractivity contribution in [2.45, 2.75) is 6.92 Å². The van der Waals surface area contributed by atoms with E-state index in [1.165, 1.54) is 6.92 Å². The number of aromatic nitrogens is 1. The zero-order valence-electron chi connectivity index (χ0n) is 7.40. The Morgan fingerprint density at radius 2 is 2.00 bits per heavy atom. The number of ketones is 1. The monoisotopic (exact) mass is 227 g/mol. The minimum absolute atomic E-state index is 0.0200. The van der Waals surface area contributed by atoms with Gasteiger partial charge in [0, 0.05) is 17.3 Å². The van der Waals surface area contributed by atoms with Crippen LogP contribution in [0.15, 0.2) is 18.2 Å². The van der Waals surface area contributed by atoms with Gasteiger partial charge in [-0.3, -0.25) is 4.79 Å². The van der Waals surface area contributed by atoms with Gasteiger partial charge in [-0.25, -0.2) is 0 Å². The second kappa shape index (κ2) is 3.30. The van der Waals surface area contributed by atoms with Crippen LogP contribution in [0.3, 0.4) is 0 Å². The van der Waals surface area contributed by atoms with Gasteiger partial charge in [-0.05, 0) is 18.2 Å². The first-order chi connectivity index (χ1) is 6.58. The molecule has 0 aliphatic heterocycles. The van der Waals surface area contributed by atoms with Crippen LogP contribution in [0.5, 0.6) is 0 Å². The molecular formula is C10H7Cl2NO. The molecule has 2 aromatic rings. The van der Waals surface area contributed by atoms with Crippen LogP contribution in [-0.2, 0) is 0 Å². The number of carbonyl (C=O) groups is 1. The number of Topliss-reactive ketones (excluding diaryl/α,β-unsaturated/α-hetero) is 1. The van der Waals surface area contributed by atoms with Gasteiger partial charge in [0.15, 0.2) is 5.78 Å². The number of rotatable bonds is 1. The summed E-state index contributed by atoms with van der Waals surface area (Å²) in [5, 5.41) is 1.95. The summed E-state index contributed by atoms with van der Waals surface area (Å²) < 4.78 is 0. The summed E-state index contributed by atoms with van der Waals surface area (Å²) in [5.74, 6) is -0.0200. The van der Waals surface area contributed by atoms with E-state index < -0.39 is 0 Å². The molecular weight excluding hydrogens is 221 g/mol. The number of halogens is 2. The summed E-state index contributed by atoms with van der Waals surface area (Å²) in [6.07, 6.45) is 0. The third-order valence-corrected chi connectivity index (χ3v) is 2.54. The maximum atomic E-state index is 11.1. The fourth-order valence-corrected chi connectivity index (χ4v) is 1.91. The first-order valence-corrected chi connectivity index (χ1v) is 4.82. The minimum atomic E-state index is -0.0200. The third-order valence-electron chi connectivity index (χ3n) is 2.02. The zero-order chi connectivity index (χ0) is 10.3. The van der Waals surface area contributed by atoms with Crippen molar-refractivity contribution in [2.75, 3.05) is 0 Å². The van der Waals surface area contributed by atoms with E-state index in [1.807, 2.05) is 0 Å². The summed E-state index contributed by atoms with van der Waals surface area (Å²) in [7, 11) is 0. The summed E-state index contributed by atoms with van der Waals surface area (Å²) in [5.41, 5.74) is 1.30. The van der Waals surface area contributed by atoms with Gasteiger partial charge in [0.2, 0.25) is 0 Å². The van der Waals surface area contributed by atoms with Gasteiger partial charge in [-0.1, -0.05) is 23.2 Å². The smallest absolute Gasteiger partial charge is 0.175 e. The van der Waals surface area contributed by atoms with E-state index in [2.05, 4.69) is 4.98 Å². The van der Waals surface area contributed by atoms with Gasteiger partial charge in [-0.15, -0.1) is 0 Å². The topological polar surface area (TPSA) is 32.9 Å². The lowest BCUT2D eigenvalue weighted by Gasteiger charge is -1.94. The second-order valence-corrected chi connectivity index (χ2v) is 3.93. The first-order valence-electron chi connectivity index (χ1n) is 4.06. The highest BCUT2D eigenvalue weighted by molar-refractivity contribution is 6.38. The maximum Gasteiger partial charge on any atom is 0.175 e. The Balaban J connectivity index is 2.76. The molecule has 0 bridgehead atoms. The van der Waals surface area contributed by atoms with Crippen LogP contribution in [0.25, 0.3) is 10.9 Å². The van der Waals surface area contributed by atoms with Crippen LogP contribution < -0.4 is 0 Å². The molecule has 1 heterocycles. The molecule has 4 heteroatoms. The normalized spacial score (nSPS) is 10.8. The fraction of sp³-hybridized carbons (Fsp3) is 0.100. The number of H-pyrrole nitrogens is 1. The van der Waals surface area contributed by atoms with Crippen LogP contribution in [-0.4, -0.2) is 10.8 Å². The van der Waals surface area contributed by atoms with Crippen LogP contribution in [0.2, 0.25) is 10.0 Å². The lowest BCUT2D eigenvalue weighted by atomic mass is 10.2. The lowest BCUT2D eigenvalue weighted by molar-refractivity contribution is 0.101. The van der Waals surface area contributed by atoms with E-state index in [0.29, 0.717) is 15.7 Å². The van der Waals surface area contributed by atoms with Crippen LogP contribution in [0.4, 0.5) is 0 Å². The maximum absolute atomic E-state index is 11.1. The molecule has 0 aliphatic rings. The van der Waals surface area contributed by atoms with Crippen LogP contribution in [0, 0.1) is 0 Å². The Morgan fingerprint density at radius 1 is 1.29 bits per heavy atom. The highest BCUT2D eigenvalue weighted by Gasteiger charge is 2.08. The molecule has 0 unspecified atom stereocenters. The zero-order valence-corrected chi connectivity index (χ0v) is 8.91. The summed E-state index contributed by atoms with van der Waals surface area (Å²) in [6, 6.07) is 5.16. The molecule has 0 fully saturated rings. The van der Waals surface area contributed by atoms with Gasteiger partial charge in [0.25, 0.3) is 0 Å². The van der Waals surface area contributed by atoms with Crippen molar-refractivity contribution in [1.82, 2.24) is 4.98 Å². The Hall–Kier alpha value is -0.990. The quantitative estimate of drug-likeness (QED) is 0.742. The number of hydrogen-bond acceptors (Lipinski definition) is 1. The molecule has 2 nitrogen and oxygen atoms in total. The molecule has 0 amide bonds. The van der Waals surface area contributed by atoms with E-state index in [0.717, 1.165) is 10.9 Å². The minimum Gasteiger partial charge on any atom is -0.351 e. The predicted octanol–water partition coefficient (Wildman–Crippen LogP) is 3.68. The van der Waals surface area contributed by atoms with E-state index in [4.69, 9.17) is 23.2 Å². The van der Waals surface area contributed by atoms with Crippen molar-refractivity contribution in [2.24, 2.45) is 0 Å². The number of fused-ring (bicyclic) bond motifs is 1. The number of nitrogens with one attached hydrogen (secondary N) is 1. The molecule has 1 aromatic heterocycles. The molecule has 1 aromatic carbocycles. The summed E-state index contributed by atoms with van der Waals surface area (Å²) >= 11 is 11.8. The Bertz CT molecular complexity index is 516. The van der Waals surface area contributed by atoms with Gasteiger partial charge in [-0.2, -0.15) is 0 Å². The van der Waals surface area contributed by atoms with Gasteiger partial charge < -0.3 is 4.98 Å². The molecule has 0 aliphatic carbocycles. The molecule has 14 heavy (non-hydrogen) atoms. The van der Waals surface area contributed by atoms with E-state index in [9.17, 15) is 4.79 Å². The third kappa shape index (κ3) is 1.51. The van der Waals surface area contributed by atoms with Crippen molar-refractivity contribution >= 4 is 39.9 Å². The fourth-order valence-electron chi connectivity index (χ4n) is 1.36. The SMILES string of the molecule is CC(=O)c1cc2cc(Cl)cc(Cl)c2[nH]1. The van der Waals surface area contributed by atoms with Crippen molar-refractivity contribution in [1.29, 1.82) is 0 Å². The highest BCUT2D eigenvalue weighted by Crippen LogP contribution is 2.28. The summed E-state index contributed by atoms with van der Waals surface area (Å²) in [6.45, 7) is 1.50. The van der Waals surface area contributed by atoms with Crippen molar-refractivity contribution in [3.05, 3.63) is 33.9 Å². The van der Waals surface area contributed by atoms with Gasteiger partial charge in [0.05, 0.1) is 16.2 Å². The van der Waals surface area contributed by atoms with Crippen molar-refractivity contribution in [3.8, 4) is 0 Å². The molecule has 0 saturated heterocycles. The molecule has 1 N–H and O–H groups in total. The molecule has 0 saturated carbocycles. The standard InChI is InChI=1S/C10H7Cl2NO/c1-5(14)9-3-6-2-7(11)4-8(12)10(6)13-9/h2-4,13H,1H3. The Kier molecular flexibility index (Phi) is 2.25. The lowest BCUT2D eigenvalue weighted by Crippen LogP contribution is -1.89. The number of aromatic amines is 1. The predicted molar refractivity (Wildman–Crippen MR) is 58.3 cm³/mol. The highest BCUT2D eigenvalue weighted by atomic mass is 35.5. The van der Waals surface area contributed by atoms with Crippen LogP contribution >= 0.6 is 23.2 Å². The molecule has 0 spiro atoms. The van der Waals surface area contributed by atoms with E-state index in [-0.39, 0.29) is 5.78 Å². The molecule has 72 valence electrons. The molecule has 0 atom stereocenters. The number of benzene rings is 1. The largest absolute Gasteiger partial charge is 0.351 e. The Labute approximate surface area is 90.8 Å².